The van der Waals surface area contributed by atoms with Gasteiger partial charge in [0.05, 0.1) is 12.8 Å². The van der Waals surface area contributed by atoms with Gasteiger partial charge in [-0.2, -0.15) is 5.10 Å². The predicted octanol–water partition coefficient (Wildman–Crippen LogP) is 2.37. The molecule has 1 aromatic heterocycles. The number of hydrogen-bond acceptors (Lipinski definition) is 4. The second-order valence-electron chi connectivity index (χ2n) is 6.14. The quantitative estimate of drug-likeness (QED) is 0.884. The molecule has 2 heterocycles. The Bertz CT molecular complexity index is 679. The van der Waals surface area contributed by atoms with E-state index in [1.165, 1.54) is 0 Å². The summed E-state index contributed by atoms with van der Waals surface area (Å²) in [5.41, 5.74) is 1.40. The average molecular weight is 365 g/mol. The topological polar surface area (TPSA) is 59.4 Å². The summed E-state index contributed by atoms with van der Waals surface area (Å²) in [6, 6.07) is 9.38. The molecule has 1 aromatic carbocycles. The minimum absolute atomic E-state index is 0. The lowest BCUT2D eigenvalue weighted by Crippen LogP contribution is -2.40. The molecule has 3 rings (SSSR count). The first kappa shape index (κ1) is 19.3. The summed E-state index contributed by atoms with van der Waals surface area (Å²) in [4.78, 5) is 14.5. The number of carbonyl (C=O) groups excluding carboxylic acids is 1. The van der Waals surface area contributed by atoms with Crippen LogP contribution in [0.4, 0.5) is 0 Å². The molecule has 0 aliphatic carbocycles. The lowest BCUT2D eigenvalue weighted by molar-refractivity contribution is 0.0684. The fourth-order valence-corrected chi connectivity index (χ4v) is 3.11. The Labute approximate surface area is 154 Å². The summed E-state index contributed by atoms with van der Waals surface area (Å²) < 4.78 is 6.88. The molecule has 136 valence electrons. The molecule has 0 radical (unpaired) electrons. The van der Waals surface area contributed by atoms with E-state index < -0.39 is 0 Å². The predicted molar refractivity (Wildman–Crippen MR) is 99.9 cm³/mol. The van der Waals surface area contributed by atoms with Crippen LogP contribution in [0.3, 0.4) is 0 Å². The number of amides is 1. The molecule has 0 bridgehead atoms. The van der Waals surface area contributed by atoms with Gasteiger partial charge in [-0.05, 0) is 62.7 Å². The van der Waals surface area contributed by atoms with Crippen molar-refractivity contribution in [2.75, 3.05) is 33.8 Å². The maximum Gasteiger partial charge on any atom is 0.274 e. The summed E-state index contributed by atoms with van der Waals surface area (Å²) in [5.74, 6) is 1.48. The third kappa shape index (κ3) is 4.52. The van der Waals surface area contributed by atoms with E-state index in [1.807, 2.05) is 42.4 Å². The SMILES string of the molecule is CNCC1CCN(C(=O)c2ccn(-c3ccc(OC)cc3)n2)CC1.Cl. The Hall–Kier alpha value is -2.05. The number of piperidine rings is 1. The average Bonchev–Trinajstić information content (AvgIpc) is 3.12. The number of benzene rings is 1. The van der Waals surface area contributed by atoms with Gasteiger partial charge in [-0.25, -0.2) is 4.68 Å². The summed E-state index contributed by atoms with van der Waals surface area (Å²) in [6.07, 6.45) is 3.92. The Morgan fingerprint density at radius 1 is 1.24 bits per heavy atom. The number of nitrogens with one attached hydrogen (secondary N) is 1. The number of likely N-dealkylation sites (tertiary alicyclic amines) is 1. The molecule has 0 saturated carbocycles. The van der Waals surface area contributed by atoms with Crippen molar-refractivity contribution < 1.29 is 9.53 Å². The van der Waals surface area contributed by atoms with Crippen molar-refractivity contribution in [1.82, 2.24) is 20.0 Å². The number of halogens is 1. The number of hydrogen-bond donors (Lipinski definition) is 1. The van der Waals surface area contributed by atoms with Crippen LogP contribution in [0.1, 0.15) is 23.3 Å². The van der Waals surface area contributed by atoms with Crippen LogP contribution in [0.25, 0.3) is 5.69 Å². The van der Waals surface area contributed by atoms with Crippen LogP contribution in [-0.4, -0.2) is 54.4 Å². The van der Waals surface area contributed by atoms with Crippen LogP contribution in [-0.2, 0) is 0 Å². The zero-order chi connectivity index (χ0) is 16.9. The Morgan fingerprint density at radius 2 is 1.92 bits per heavy atom. The van der Waals surface area contributed by atoms with E-state index in [2.05, 4.69) is 10.4 Å². The van der Waals surface area contributed by atoms with E-state index in [0.717, 1.165) is 43.9 Å². The minimum atomic E-state index is 0. The van der Waals surface area contributed by atoms with Gasteiger partial charge >= 0.3 is 0 Å². The highest BCUT2D eigenvalue weighted by molar-refractivity contribution is 5.92. The molecule has 7 heteroatoms. The lowest BCUT2D eigenvalue weighted by atomic mass is 9.97. The van der Waals surface area contributed by atoms with Crippen molar-refractivity contribution >= 4 is 18.3 Å². The smallest absolute Gasteiger partial charge is 0.274 e. The number of nitrogens with zero attached hydrogens (tertiary/aromatic N) is 3. The molecule has 1 saturated heterocycles. The molecule has 1 aliphatic heterocycles. The molecule has 0 unspecified atom stereocenters. The van der Waals surface area contributed by atoms with Gasteiger partial charge in [-0.1, -0.05) is 0 Å². The molecule has 1 aliphatic rings. The number of ether oxygens (including phenoxy) is 1. The fourth-order valence-electron chi connectivity index (χ4n) is 3.11. The first-order chi connectivity index (χ1) is 11.7. The normalized spacial score (nSPS) is 14.9. The minimum Gasteiger partial charge on any atom is -0.497 e. The van der Waals surface area contributed by atoms with E-state index in [1.54, 1.807) is 17.9 Å². The molecular weight excluding hydrogens is 340 g/mol. The third-order valence-electron chi connectivity index (χ3n) is 4.54. The summed E-state index contributed by atoms with van der Waals surface area (Å²) in [5, 5.41) is 7.65. The molecule has 1 fully saturated rings. The standard InChI is InChI=1S/C18H24N4O2.ClH/c1-19-13-14-7-10-21(11-8-14)18(23)17-9-12-22(20-17)15-3-5-16(24-2)6-4-15;/h3-6,9,12,14,19H,7-8,10-11,13H2,1-2H3;1H. The van der Waals surface area contributed by atoms with Crippen LogP contribution in [0, 0.1) is 5.92 Å². The second kappa shape index (κ2) is 8.87. The number of carbonyl (C=O) groups is 1. The molecule has 2 aromatic rings. The van der Waals surface area contributed by atoms with Crippen LogP contribution in [0.15, 0.2) is 36.5 Å². The van der Waals surface area contributed by atoms with Crippen molar-refractivity contribution in [1.29, 1.82) is 0 Å². The van der Waals surface area contributed by atoms with Gasteiger partial charge in [0.15, 0.2) is 5.69 Å². The van der Waals surface area contributed by atoms with Crippen molar-refractivity contribution in [3.05, 3.63) is 42.2 Å². The van der Waals surface area contributed by atoms with Gasteiger partial charge in [0.1, 0.15) is 5.75 Å². The molecule has 1 N–H and O–H groups in total. The molecule has 0 spiro atoms. The first-order valence-corrected chi connectivity index (χ1v) is 8.35. The van der Waals surface area contributed by atoms with Gasteiger partial charge < -0.3 is 15.0 Å². The Balaban J connectivity index is 0.00000225. The zero-order valence-corrected chi connectivity index (χ0v) is 15.5. The highest BCUT2D eigenvalue weighted by atomic mass is 35.5. The third-order valence-corrected chi connectivity index (χ3v) is 4.54. The van der Waals surface area contributed by atoms with E-state index in [0.29, 0.717) is 11.6 Å². The summed E-state index contributed by atoms with van der Waals surface area (Å²) >= 11 is 0. The fraction of sp³-hybridized carbons (Fsp3) is 0.444. The maximum absolute atomic E-state index is 12.6. The van der Waals surface area contributed by atoms with Crippen LogP contribution < -0.4 is 10.1 Å². The summed E-state index contributed by atoms with van der Waals surface area (Å²) in [6.45, 7) is 2.63. The van der Waals surface area contributed by atoms with Gasteiger partial charge in [-0.15, -0.1) is 12.4 Å². The Kier molecular flexibility index (Phi) is 6.84. The highest BCUT2D eigenvalue weighted by Gasteiger charge is 2.24. The van der Waals surface area contributed by atoms with Crippen LogP contribution >= 0.6 is 12.4 Å². The second-order valence-corrected chi connectivity index (χ2v) is 6.14. The molecule has 6 nitrogen and oxygen atoms in total. The van der Waals surface area contributed by atoms with Crippen molar-refractivity contribution in [3.8, 4) is 11.4 Å². The Morgan fingerprint density at radius 3 is 2.52 bits per heavy atom. The zero-order valence-electron chi connectivity index (χ0n) is 14.6. The van der Waals surface area contributed by atoms with E-state index in [4.69, 9.17) is 4.74 Å². The lowest BCUT2D eigenvalue weighted by Gasteiger charge is -2.31. The number of rotatable bonds is 5. The molecule has 1 amide bonds. The molecular formula is C18H25ClN4O2. The van der Waals surface area contributed by atoms with Crippen molar-refractivity contribution in [2.45, 2.75) is 12.8 Å². The first-order valence-electron chi connectivity index (χ1n) is 8.35. The molecule has 0 atom stereocenters. The molecule has 25 heavy (non-hydrogen) atoms. The van der Waals surface area contributed by atoms with E-state index in [-0.39, 0.29) is 18.3 Å². The monoisotopic (exact) mass is 364 g/mol. The van der Waals surface area contributed by atoms with Crippen molar-refractivity contribution in [2.24, 2.45) is 5.92 Å². The maximum atomic E-state index is 12.6. The summed E-state index contributed by atoms with van der Waals surface area (Å²) in [7, 11) is 3.61. The largest absolute Gasteiger partial charge is 0.497 e. The van der Waals surface area contributed by atoms with Gasteiger partial charge in [-0.3, -0.25) is 4.79 Å². The number of aromatic nitrogens is 2. The van der Waals surface area contributed by atoms with Crippen molar-refractivity contribution in [3.63, 3.8) is 0 Å². The highest BCUT2D eigenvalue weighted by Crippen LogP contribution is 2.19. The van der Waals surface area contributed by atoms with Gasteiger partial charge in [0, 0.05) is 19.3 Å². The van der Waals surface area contributed by atoms with Crippen LogP contribution in [0.5, 0.6) is 5.75 Å². The van der Waals surface area contributed by atoms with Gasteiger partial charge in [0.25, 0.3) is 5.91 Å². The number of methoxy groups -OCH3 is 1. The van der Waals surface area contributed by atoms with Gasteiger partial charge in [0.2, 0.25) is 0 Å². The van der Waals surface area contributed by atoms with E-state index >= 15 is 0 Å². The van der Waals surface area contributed by atoms with E-state index in [9.17, 15) is 4.79 Å². The van der Waals surface area contributed by atoms with Crippen LogP contribution in [0.2, 0.25) is 0 Å².